The summed E-state index contributed by atoms with van der Waals surface area (Å²) in [5, 5.41) is 9.94. The number of rotatable bonds is 9. The molecule has 332 valence electrons. The van der Waals surface area contributed by atoms with E-state index in [1.54, 1.807) is 0 Å². The summed E-state index contributed by atoms with van der Waals surface area (Å²) < 4.78 is 0. The Morgan fingerprint density at radius 2 is 0.620 bits per heavy atom. The number of benzene rings is 13. The summed E-state index contributed by atoms with van der Waals surface area (Å²) in [5.41, 5.74) is 17.6. The zero-order chi connectivity index (χ0) is 47.1. The fourth-order valence-electron chi connectivity index (χ4n) is 10.9. The molecule has 0 saturated carbocycles. The molecule has 0 saturated heterocycles. The predicted molar refractivity (Wildman–Crippen MR) is 304 cm³/mol. The van der Waals surface area contributed by atoms with Gasteiger partial charge in [0.1, 0.15) is 0 Å². The predicted octanol–water partition coefficient (Wildman–Crippen LogP) is 19.8. The highest BCUT2D eigenvalue weighted by Crippen LogP contribution is 2.48. The minimum atomic E-state index is 1.08. The topological polar surface area (TPSA) is 3.24 Å². The van der Waals surface area contributed by atoms with Crippen LogP contribution < -0.4 is 4.90 Å². The number of nitrogens with zero attached hydrogens (tertiary/aromatic N) is 1. The Balaban J connectivity index is 0.977. The van der Waals surface area contributed by atoms with E-state index in [0.29, 0.717) is 0 Å². The standard InChI is InChI=1S/C70H47N/c1-3-20-53(21-4-1)69-66-32-12-11-31-64(66)65-45-42-56(47-67(65)70(69)54-22-5-2-6-23-54)63-30-13-14-35-68(63)71(58-27-15-26-55(46-58)62-34-17-25-51-19-8-10-29-60(51)62)57-43-40-49(41-44-57)48-36-38-52(39-37-48)61-33-16-24-50-18-7-9-28-59(50)61/h1-47H. The van der Waals surface area contributed by atoms with Crippen LogP contribution in [0.25, 0.3) is 110 Å². The molecule has 1 heteroatoms. The van der Waals surface area contributed by atoms with Crippen molar-refractivity contribution in [2.24, 2.45) is 0 Å². The summed E-state index contributed by atoms with van der Waals surface area (Å²) in [6, 6.07) is 104. The second-order valence-corrected chi connectivity index (χ2v) is 18.4. The van der Waals surface area contributed by atoms with Crippen LogP contribution >= 0.6 is 0 Å². The quantitative estimate of drug-likeness (QED) is 0.131. The molecule has 0 aliphatic rings. The average Bonchev–Trinajstić information content (AvgIpc) is 3.45. The van der Waals surface area contributed by atoms with Crippen molar-refractivity contribution < 1.29 is 0 Å². The Morgan fingerprint density at radius 3 is 1.28 bits per heavy atom. The van der Waals surface area contributed by atoms with Gasteiger partial charge in [-0.25, -0.2) is 0 Å². The van der Waals surface area contributed by atoms with E-state index in [4.69, 9.17) is 0 Å². The van der Waals surface area contributed by atoms with Gasteiger partial charge in [-0.15, -0.1) is 0 Å². The lowest BCUT2D eigenvalue weighted by Crippen LogP contribution is -2.11. The van der Waals surface area contributed by atoms with E-state index in [0.717, 1.165) is 28.2 Å². The van der Waals surface area contributed by atoms with Crippen LogP contribution in [0, 0.1) is 0 Å². The Morgan fingerprint density at radius 1 is 0.197 bits per heavy atom. The molecule has 0 aliphatic heterocycles. The monoisotopic (exact) mass is 901 g/mol. The fraction of sp³-hybridized carbons (Fsp3) is 0. The van der Waals surface area contributed by atoms with Crippen molar-refractivity contribution in [1.82, 2.24) is 0 Å². The molecule has 0 unspecified atom stereocenters. The SMILES string of the molecule is c1ccc(-c2c(-c3ccccc3)c3cc(-c4ccccc4N(c4ccc(-c5ccc(-c6cccc7ccccc67)cc5)cc4)c4cccc(-c5cccc6ccccc56)c4)ccc3c3ccccc23)cc1. The van der Waals surface area contributed by atoms with Crippen molar-refractivity contribution >= 4 is 60.2 Å². The second kappa shape index (κ2) is 18.0. The van der Waals surface area contributed by atoms with Gasteiger partial charge in [-0.05, 0) is 141 Å². The Hall–Kier alpha value is -9.30. The third kappa shape index (κ3) is 7.62. The number of para-hydroxylation sites is 1. The molecular formula is C70H47N. The molecule has 1 nitrogen and oxygen atoms in total. The molecule has 0 radical (unpaired) electrons. The number of hydrogen-bond acceptors (Lipinski definition) is 1. The van der Waals surface area contributed by atoms with Crippen molar-refractivity contribution in [2.75, 3.05) is 4.90 Å². The van der Waals surface area contributed by atoms with Gasteiger partial charge in [-0.1, -0.05) is 249 Å². The van der Waals surface area contributed by atoms with Gasteiger partial charge in [0.15, 0.2) is 0 Å². The van der Waals surface area contributed by atoms with Crippen molar-refractivity contribution in [3.8, 4) is 66.8 Å². The zero-order valence-electron chi connectivity index (χ0n) is 39.1. The molecule has 0 aromatic heterocycles. The molecule has 0 aliphatic carbocycles. The molecule has 0 amide bonds. The normalized spacial score (nSPS) is 11.4. The van der Waals surface area contributed by atoms with Gasteiger partial charge in [0.05, 0.1) is 5.69 Å². The van der Waals surface area contributed by atoms with E-state index >= 15 is 0 Å². The minimum absolute atomic E-state index is 1.08. The average molecular weight is 902 g/mol. The maximum absolute atomic E-state index is 2.44. The lowest BCUT2D eigenvalue weighted by molar-refractivity contribution is 1.28. The molecular weight excluding hydrogens is 855 g/mol. The molecule has 13 aromatic carbocycles. The van der Waals surface area contributed by atoms with Gasteiger partial charge in [0, 0.05) is 16.9 Å². The van der Waals surface area contributed by atoms with Crippen molar-refractivity contribution in [2.45, 2.75) is 0 Å². The summed E-state index contributed by atoms with van der Waals surface area (Å²) >= 11 is 0. The Labute approximate surface area is 414 Å². The molecule has 0 heterocycles. The van der Waals surface area contributed by atoms with Gasteiger partial charge < -0.3 is 4.90 Å². The van der Waals surface area contributed by atoms with Crippen LogP contribution in [0.1, 0.15) is 0 Å². The molecule has 71 heavy (non-hydrogen) atoms. The first kappa shape index (κ1) is 41.9. The van der Waals surface area contributed by atoms with Gasteiger partial charge in [-0.3, -0.25) is 0 Å². The minimum Gasteiger partial charge on any atom is -0.310 e. The van der Waals surface area contributed by atoms with Gasteiger partial charge in [0.2, 0.25) is 0 Å². The molecule has 0 atom stereocenters. The summed E-state index contributed by atoms with van der Waals surface area (Å²) in [6.45, 7) is 0. The van der Waals surface area contributed by atoms with E-state index in [1.807, 2.05) is 0 Å². The highest BCUT2D eigenvalue weighted by molar-refractivity contribution is 6.22. The Bertz CT molecular complexity index is 4070. The van der Waals surface area contributed by atoms with Crippen LogP contribution in [-0.2, 0) is 0 Å². The van der Waals surface area contributed by atoms with Crippen LogP contribution in [0.3, 0.4) is 0 Å². The van der Waals surface area contributed by atoms with E-state index in [9.17, 15) is 0 Å². The second-order valence-electron chi connectivity index (χ2n) is 18.4. The van der Waals surface area contributed by atoms with Crippen LogP contribution in [0.4, 0.5) is 17.1 Å². The summed E-state index contributed by atoms with van der Waals surface area (Å²) in [4.78, 5) is 2.44. The highest BCUT2D eigenvalue weighted by atomic mass is 15.1. The first-order valence-corrected chi connectivity index (χ1v) is 24.5. The fourth-order valence-corrected chi connectivity index (χ4v) is 10.9. The number of fused-ring (bicyclic) bond motifs is 5. The van der Waals surface area contributed by atoms with E-state index in [2.05, 4.69) is 290 Å². The number of hydrogen-bond donors (Lipinski definition) is 0. The molecule has 13 rings (SSSR count). The molecule has 13 aromatic rings. The van der Waals surface area contributed by atoms with Crippen LogP contribution in [0.5, 0.6) is 0 Å². The van der Waals surface area contributed by atoms with Crippen molar-refractivity contribution in [3.63, 3.8) is 0 Å². The highest BCUT2D eigenvalue weighted by Gasteiger charge is 2.22. The summed E-state index contributed by atoms with van der Waals surface area (Å²) in [6.07, 6.45) is 0. The largest absolute Gasteiger partial charge is 0.310 e. The molecule has 0 bridgehead atoms. The lowest BCUT2D eigenvalue weighted by Gasteiger charge is -2.29. The smallest absolute Gasteiger partial charge is 0.0540 e. The van der Waals surface area contributed by atoms with Gasteiger partial charge in [-0.2, -0.15) is 0 Å². The summed E-state index contributed by atoms with van der Waals surface area (Å²) in [7, 11) is 0. The van der Waals surface area contributed by atoms with E-state index in [-0.39, 0.29) is 0 Å². The maximum Gasteiger partial charge on any atom is 0.0540 e. The summed E-state index contributed by atoms with van der Waals surface area (Å²) in [5.74, 6) is 0. The lowest BCUT2D eigenvalue weighted by atomic mass is 9.84. The van der Waals surface area contributed by atoms with Crippen LogP contribution in [-0.4, -0.2) is 0 Å². The number of anilines is 3. The Kier molecular flexibility index (Phi) is 10.6. The van der Waals surface area contributed by atoms with E-state index in [1.165, 1.54) is 98.7 Å². The molecule has 0 N–H and O–H groups in total. The third-order valence-corrected chi connectivity index (χ3v) is 14.3. The first-order valence-electron chi connectivity index (χ1n) is 24.5. The molecule has 0 spiro atoms. The third-order valence-electron chi connectivity index (χ3n) is 14.3. The van der Waals surface area contributed by atoms with E-state index < -0.39 is 0 Å². The van der Waals surface area contributed by atoms with Crippen LogP contribution in [0.15, 0.2) is 285 Å². The zero-order valence-corrected chi connectivity index (χ0v) is 39.1. The van der Waals surface area contributed by atoms with Crippen molar-refractivity contribution in [1.29, 1.82) is 0 Å². The maximum atomic E-state index is 2.44. The van der Waals surface area contributed by atoms with Gasteiger partial charge >= 0.3 is 0 Å². The first-order chi connectivity index (χ1) is 35.2. The van der Waals surface area contributed by atoms with Crippen molar-refractivity contribution in [3.05, 3.63) is 285 Å². The van der Waals surface area contributed by atoms with Crippen LogP contribution in [0.2, 0.25) is 0 Å². The molecule has 0 fully saturated rings. The van der Waals surface area contributed by atoms with Gasteiger partial charge in [0.25, 0.3) is 0 Å².